The van der Waals surface area contributed by atoms with Crippen molar-refractivity contribution >= 4 is 29.0 Å². The fraction of sp³-hybridized carbons (Fsp3) is 0.812. The minimum absolute atomic E-state index is 0.159. The van der Waals surface area contributed by atoms with Crippen LogP contribution in [0.3, 0.4) is 0 Å². The number of rotatable bonds is 3. The molecule has 2 fully saturated rings. The zero-order valence-electron chi connectivity index (χ0n) is 13.1. The number of methoxy groups -OCH3 is 2. The Balaban J connectivity index is 1.82. The van der Waals surface area contributed by atoms with E-state index in [1.165, 1.54) is 12.8 Å². The first-order valence-corrected chi connectivity index (χ1v) is 9.08. The molecule has 0 aromatic carbocycles. The average molecular weight is 421 g/mol. The molecular formula is C16H24INO4. The first-order valence-electron chi connectivity index (χ1n) is 8.00. The Hall–Kier alpha value is -0.340. The van der Waals surface area contributed by atoms with Crippen molar-refractivity contribution in [3.63, 3.8) is 0 Å². The van der Waals surface area contributed by atoms with Gasteiger partial charge in [-0.1, -0.05) is 6.08 Å². The van der Waals surface area contributed by atoms with Crippen LogP contribution in [0.2, 0.25) is 0 Å². The maximum atomic E-state index is 11.5. The van der Waals surface area contributed by atoms with Crippen LogP contribution < -0.4 is 3.53 Å². The Morgan fingerprint density at radius 2 is 1.86 bits per heavy atom. The fourth-order valence-electron chi connectivity index (χ4n) is 5.23. The van der Waals surface area contributed by atoms with Crippen molar-refractivity contribution in [2.45, 2.75) is 44.0 Å². The normalized spacial score (nSPS) is 40.4. The lowest BCUT2D eigenvalue weighted by Crippen LogP contribution is -2.40. The predicted octanol–water partition coefficient (Wildman–Crippen LogP) is 3.43. The van der Waals surface area contributed by atoms with Crippen molar-refractivity contribution in [2.24, 2.45) is 23.7 Å². The zero-order chi connectivity index (χ0) is 15.7. The summed E-state index contributed by atoms with van der Waals surface area (Å²) < 4.78 is 19.8. The molecule has 3 rings (SSSR count). The Kier molecular flexibility index (Phi) is 4.99. The van der Waals surface area contributed by atoms with Crippen LogP contribution in [-0.2, 0) is 14.2 Å². The van der Waals surface area contributed by atoms with Crippen molar-refractivity contribution in [1.29, 1.82) is 0 Å². The van der Waals surface area contributed by atoms with Crippen LogP contribution in [0.5, 0.6) is 0 Å². The standard InChI is InChI=1S/C16H24INO4/c1-20-16(21-2)13-7-8-14(16)12-9-10(22-15(19)18-17)5-3-4-6-11(12)13/h3,5,10-14H,4,6-9H2,1-2H3,(H,18,19)/b5-3+. The van der Waals surface area contributed by atoms with Gasteiger partial charge in [-0.05, 0) is 50.0 Å². The summed E-state index contributed by atoms with van der Waals surface area (Å²) in [6.07, 6.45) is 9.03. The Labute approximate surface area is 145 Å². The van der Waals surface area contributed by atoms with Gasteiger partial charge in [0.2, 0.25) is 0 Å². The average Bonchev–Trinajstić information content (AvgIpc) is 2.99. The number of allylic oxidation sites excluding steroid dienone is 1. The van der Waals surface area contributed by atoms with Gasteiger partial charge in [0.1, 0.15) is 6.10 Å². The molecule has 0 aromatic rings. The molecule has 5 unspecified atom stereocenters. The lowest BCUT2D eigenvalue weighted by Gasteiger charge is -2.33. The van der Waals surface area contributed by atoms with Gasteiger partial charge >= 0.3 is 6.09 Å². The summed E-state index contributed by atoms with van der Waals surface area (Å²) in [5, 5.41) is 0. The smallest absolute Gasteiger partial charge is 0.416 e. The highest BCUT2D eigenvalue weighted by atomic mass is 127. The first-order chi connectivity index (χ1) is 10.7. The Bertz CT molecular complexity index is 451. The molecule has 0 spiro atoms. The number of hydrogen-bond donors (Lipinski definition) is 1. The molecule has 3 aliphatic carbocycles. The van der Waals surface area contributed by atoms with Gasteiger partial charge in [-0.15, -0.1) is 0 Å². The molecule has 1 amide bonds. The van der Waals surface area contributed by atoms with Crippen molar-refractivity contribution in [2.75, 3.05) is 14.2 Å². The molecule has 0 aliphatic heterocycles. The molecule has 0 heterocycles. The molecule has 1 N–H and O–H groups in total. The molecule has 0 saturated heterocycles. The van der Waals surface area contributed by atoms with Crippen molar-refractivity contribution in [3.8, 4) is 0 Å². The van der Waals surface area contributed by atoms with Crippen LogP contribution in [-0.4, -0.2) is 32.2 Å². The molecule has 5 nitrogen and oxygen atoms in total. The molecule has 0 aromatic heterocycles. The van der Waals surface area contributed by atoms with E-state index in [9.17, 15) is 4.79 Å². The molecule has 2 bridgehead atoms. The van der Waals surface area contributed by atoms with Crippen LogP contribution in [0, 0.1) is 23.7 Å². The summed E-state index contributed by atoms with van der Waals surface area (Å²) in [7, 11) is 3.54. The number of fused-ring (bicyclic) bond motifs is 5. The van der Waals surface area contributed by atoms with Gasteiger partial charge in [0.15, 0.2) is 5.79 Å². The van der Waals surface area contributed by atoms with Gasteiger partial charge in [0.05, 0.1) is 22.9 Å². The van der Waals surface area contributed by atoms with Gasteiger partial charge in [0, 0.05) is 26.1 Å². The van der Waals surface area contributed by atoms with Crippen LogP contribution in [0.25, 0.3) is 0 Å². The molecule has 0 radical (unpaired) electrons. The van der Waals surface area contributed by atoms with E-state index in [2.05, 4.69) is 9.61 Å². The third-order valence-electron chi connectivity index (χ3n) is 5.90. The van der Waals surface area contributed by atoms with E-state index in [0.29, 0.717) is 23.7 Å². The molecule has 22 heavy (non-hydrogen) atoms. The van der Waals surface area contributed by atoms with E-state index in [0.717, 1.165) is 19.3 Å². The van der Waals surface area contributed by atoms with E-state index >= 15 is 0 Å². The van der Waals surface area contributed by atoms with Gasteiger partial charge in [-0.3, -0.25) is 3.53 Å². The van der Waals surface area contributed by atoms with Gasteiger partial charge in [-0.2, -0.15) is 0 Å². The Morgan fingerprint density at radius 3 is 2.50 bits per heavy atom. The SMILES string of the molecule is COC1(OC)C2CCC1C1CC(OC(=O)NI)/C=C/CCC12. The minimum Gasteiger partial charge on any atom is -0.441 e. The van der Waals surface area contributed by atoms with Crippen LogP contribution >= 0.6 is 22.9 Å². The number of carbonyl (C=O) groups is 1. The van der Waals surface area contributed by atoms with Crippen molar-refractivity contribution < 1.29 is 19.0 Å². The monoisotopic (exact) mass is 421 g/mol. The second-order valence-electron chi connectivity index (χ2n) is 6.53. The molecule has 124 valence electrons. The summed E-state index contributed by atoms with van der Waals surface area (Å²) in [6.45, 7) is 0. The minimum atomic E-state index is -0.435. The number of carbonyl (C=O) groups excluding carboxylic acids is 1. The molecule has 3 aliphatic rings. The van der Waals surface area contributed by atoms with Crippen molar-refractivity contribution in [3.05, 3.63) is 12.2 Å². The molecule has 2 saturated carbocycles. The van der Waals surface area contributed by atoms with E-state index < -0.39 is 5.79 Å². The number of nitrogens with one attached hydrogen (secondary N) is 1. The van der Waals surface area contributed by atoms with E-state index in [1.807, 2.05) is 6.08 Å². The summed E-state index contributed by atoms with van der Waals surface area (Å²) >= 11 is 1.81. The first kappa shape index (κ1) is 16.5. The van der Waals surface area contributed by atoms with Gasteiger partial charge < -0.3 is 14.2 Å². The van der Waals surface area contributed by atoms with E-state index in [4.69, 9.17) is 14.2 Å². The summed E-state index contributed by atoms with van der Waals surface area (Å²) in [5.74, 6) is 1.52. The predicted molar refractivity (Wildman–Crippen MR) is 90.4 cm³/mol. The number of halogens is 1. The maximum absolute atomic E-state index is 11.5. The third-order valence-corrected chi connectivity index (χ3v) is 6.34. The lowest BCUT2D eigenvalue weighted by atomic mass is 9.73. The van der Waals surface area contributed by atoms with Gasteiger partial charge in [0.25, 0.3) is 0 Å². The highest BCUT2D eigenvalue weighted by Crippen LogP contribution is 2.62. The van der Waals surface area contributed by atoms with Crippen LogP contribution in [0.15, 0.2) is 12.2 Å². The molecule has 6 heteroatoms. The lowest BCUT2D eigenvalue weighted by molar-refractivity contribution is -0.239. The highest BCUT2D eigenvalue weighted by Gasteiger charge is 2.64. The van der Waals surface area contributed by atoms with Crippen LogP contribution in [0.1, 0.15) is 32.1 Å². The summed E-state index contributed by atoms with van der Waals surface area (Å²) in [6, 6.07) is 0. The molecule has 5 atom stereocenters. The quantitative estimate of drug-likeness (QED) is 0.328. The molecular weight excluding hydrogens is 397 g/mol. The van der Waals surface area contributed by atoms with Crippen LogP contribution in [0.4, 0.5) is 4.79 Å². The fourth-order valence-corrected chi connectivity index (χ4v) is 5.36. The van der Waals surface area contributed by atoms with E-state index in [-0.39, 0.29) is 12.2 Å². The second-order valence-corrected chi connectivity index (χ2v) is 7.07. The van der Waals surface area contributed by atoms with Crippen molar-refractivity contribution in [1.82, 2.24) is 3.53 Å². The summed E-state index contributed by atoms with van der Waals surface area (Å²) in [5.41, 5.74) is 0. The largest absolute Gasteiger partial charge is 0.441 e. The van der Waals surface area contributed by atoms with E-state index in [1.54, 1.807) is 37.1 Å². The van der Waals surface area contributed by atoms with Gasteiger partial charge in [-0.25, -0.2) is 4.79 Å². The zero-order valence-corrected chi connectivity index (χ0v) is 15.2. The Morgan fingerprint density at radius 1 is 1.18 bits per heavy atom. The highest BCUT2D eigenvalue weighted by molar-refractivity contribution is 14.1. The topological polar surface area (TPSA) is 56.8 Å². The number of ether oxygens (including phenoxy) is 3. The number of hydrogen-bond acceptors (Lipinski definition) is 4. The maximum Gasteiger partial charge on any atom is 0.416 e. The summed E-state index contributed by atoms with van der Waals surface area (Å²) in [4.78, 5) is 11.5. The number of amides is 1. The second kappa shape index (κ2) is 6.65. The third kappa shape index (κ3) is 2.57.